The molecular formula is C11H13N3O5S. The SMILES string of the molecule is CS(=O)(=O)c1nnc(CCCNC(=O)c2ccco2)o1. The van der Waals surface area contributed by atoms with Gasteiger partial charge in [0.15, 0.2) is 5.76 Å². The van der Waals surface area contributed by atoms with E-state index in [9.17, 15) is 13.2 Å². The van der Waals surface area contributed by atoms with Crippen LogP contribution in [-0.4, -0.2) is 37.3 Å². The fraction of sp³-hybridized carbons (Fsp3) is 0.364. The van der Waals surface area contributed by atoms with Crippen LogP contribution in [0.25, 0.3) is 0 Å². The van der Waals surface area contributed by atoms with Gasteiger partial charge in [0.1, 0.15) is 0 Å². The van der Waals surface area contributed by atoms with E-state index in [2.05, 4.69) is 15.5 Å². The molecule has 20 heavy (non-hydrogen) atoms. The number of aryl methyl sites for hydroxylation is 1. The van der Waals surface area contributed by atoms with Crippen molar-refractivity contribution in [3.05, 3.63) is 30.0 Å². The highest BCUT2D eigenvalue weighted by Crippen LogP contribution is 2.08. The summed E-state index contributed by atoms with van der Waals surface area (Å²) in [6.45, 7) is 0.385. The number of amides is 1. The number of aromatic nitrogens is 2. The van der Waals surface area contributed by atoms with Gasteiger partial charge in [-0.1, -0.05) is 5.10 Å². The number of nitrogens with zero attached hydrogens (tertiary/aromatic N) is 2. The van der Waals surface area contributed by atoms with Crippen molar-refractivity contribution in [2.45, 2.75) is 18.1 Å². The third kappa shape index (κ3) is 3.67. The summed E-state index contributed by atoms with van der Waals surface area (Å²) in [4.78, 5) is 11.5. The molecule has 2 rings (SSSR count). The second-order valence-electron chi connectivity index (χ2n) is 4.07. The van der Waals surface area contributed by atoms with Crippen LogP contribution < -0.4 is 5.32 Å². The van der Waals surface area contributed by atoms with E-state index in [-0.39, 0.29) is 17.6 Å². The Morgan fingerprint density at radius 2 is 2.20 bits per heavy atom. The van der Waals surface area contributed by atoms with Crippen molar-refractivity contribution in [3.63, 3.8) is 0 Å². The number of sulfone groups is 1. The zero-order valence-corrected chi connectivity index (χ0v) is 11.5. The molecule has 0 spiro atoms. The Hall–Kier alpha value is -2.16. The van der Waals surface area contributed by atoms with E-state index in [1.54, 1.807) is 12.1 Å². The maximum absolute atomic E-state index is 11.5. The third-order valence-electron chi connectivity index (χ3n) is 2.36. The molecule has 0 aliphatic carbocycles. The van der Waals surface area contributed by atoms with Gasteiger partial charge in [-0.15, -0.1) is 5.10 Å². The number of hydrogen-bond acceptors (Lipinski definition) is 7. The van der Waals surface area contributed by atoms with E-state index in [0.717, 1.165) is 6.26 Å². The molecule has 0 aliphatic rings. The summed E-state index contributed by atoms with van der Waals surface area (Å²) in [6.07, 6.45) is 3.33. The standard InChI is InChI=1S/C11H13N3O5S/c1-20(16,17)11-14-13-9(19-11)5-2-6-12-10(15)8-4-3-7-18-8/h3-4,7H,2,5-6H2,1H3,(H,12,15). The van der Waals surface area contributed by atoms with E-state index in [1.165, 1.54) is 6.26 Å². The lowest BCUT2D eigenvalue weighted by molar-refractivity contribution is 0.0925. The first-order chi connectivity index (χ1) is 9.47. The molecule has 2 heterocycles. The van der Waals surface area contributed by atoms with Crippen LogP contribution in [0.1, 0.15) is 22.9 Å². The third-order valence-corrected chi connectivity index (χ3v) is 3.16. The first-order valence-electron chi connectivity index (χ1n) is 5.81. The first-order valence-corrected chi connectivity index (χ1v) is 7.70. The van der Waals surface area contributed by atoms with Crippen molar-refractivity contribution in [1.82, 2.24) is 15.5 Å². The number of carbonyl (C=O) groups excluding carboxylic acids is 1. The molecule has 2 aromatic heterocycles. The molecule has 0 aliphatic heterocycles. The lowest BCUT2D eigenvalue weighted by atomic mass is 10.3. The predicted octanol–water partition coefficient (Wildman–Crippen LogP) is 0.429. The van der Waals surface area contributed by atoms with Crippen LogP contribution in [0.4, 0.5) is 0 Å². The van der Waals surface area contributed by atoms with E-state index in [0.29, 0.717) is 19.4 Å². The van der Waals surface area contributed by atoms with Crippen molar-refractivity contribution in [3.8, 4) is 0 Å². The zero-order chi connectivity index (χ0) is 14.6. The monoisotopic (exact) mass is 299 g/mol. The Morgan fingerprint density at radius 3 is 2.80 bits per heavy atom. The summed E-state index contributed by atoms with van der Waals surface area (Å²) in [6, 6.07) is 3.19. The van der Waals surface area contributed by atoms with Crippen molar-refractivity contribution >= 4 is 15.7 Å². The molecule has 9 heteroatoms. The Labute approximate surface area is 115 Å². The first kappa shape index (κ1) is 14.3. The lowest BCUT2D eigenvalue weighted by Crippen LogP contribution is -2.24. The molecule has 0 saturated carbocycles. The molecule has 0 fully saturated rings. The second-order valence-corrected chi connectivity index (χ2v) is 5.96. The molecule has 0 radical (unpaired) electrons. The molecule has 0 saturated heterocycles. The summed E-state index contributed by atoms with van der Waals surface area (Å²) < 4.78 is 32.2. The van der Waals surface area contributed by atoms with Crippen molar-refractivity contribution in [2.75, 3.05) is 12.8 Å². The smallest absolute Gasteiger partial charge is 0.335 e. The summed E-state index contributed by atoms with van der Waals surface area (Å²) in [5.41, 5.74) is 0. The maximum Gasteiger partial charge on any atom is 0.335 e. The Kier molecular flexibility index (Phi) is 4.18. The maximum atomic E-state index is 11.5. The molecule has 0 bridgehead atoms. The van der Waals surface area contributed by atoms with Crippen LogP contribution in [0.2, 0.25) is 0 Å². The zero-order valence-electron chi connectivity index (χ0n) is 10.7. The van der Waals surface area contributed by atoms with Gasteiger partial charge in [0, 0.05) is 19.2 Å². The van der Waals surface area contributed by atoms with Crippen LogP contribution in [0.3, 0.4) is 0 Å². The van der Waals surface area contributed by atoms with Gasteiger partial charge in [-0.05, 0) is 18.6 Å². The van der Waals surface area contributed by atoms with Gasteiger partial charge in [-0.2, -0.15) is 0 Å². The highest BCUT2D eigenvalue weighted by molar-refractivity contribution is 7.90. The highest BCUT2D eigenvalue weighted by atomic mass is 32.2. The van der Waals surface area contributed by atoms with Gasteiger partial charge < -0.3 is 14.2 Å². The Bertz CT molecular complexity index is 675. The predicted molar refractivity (Wildman–Crippen MR) is 66.8 cm³/mol. The molecular weight excluding hydrogens is 286 g/mol. The normalized spacial score (nSPS) is 11.4. The number of hydrogen-bond donors (Lipinski definition) is 1. The van der Waals surface area contributed by atoms with E-state index in [4.69, 9.17) is 8.83 Å². The summed E-state index contributed by atoms with van der Waals surface area (Å²) in [7, 11) is -3.48. The van der Waals surface area contributed by atoms with Crippen molar-refractivity contribution in [1.29, 1.82) is 0 Å². The molecule has 1 N–H and O–H groups in total. The summed E-state index contributed by atoms with van der Waals surface area (Å²) in [5.74, 6) is 0.150. The van der Waals surface area contributed by atoms with Crippen molar-refractivity contribution in [2.24, 2.45) is 0 Å². The highest BCUT2D eigenvalue weighted by Gasteiger charge is 2.16. The van der Waals surface area contributed by atoms with Gasteiger partial charge in [-0.25, -0.2) is 8.42 Å². The molecule has 0 aromatic carbocycles. The minimum atomic E-state index is -3.48. The molecule has 0 unspecified atom stereocenters. The van der Waals surface area contributed by atoms with Crippen LogP contribution in [-0.2, 0) is 16.3 Å². The van der Waals surface area contributed by atoms with E-state index < -0.39 is 15.1 Å². The van der Waals surface area contributed by atoms with Crippen LogP contribution in [0.15, 0.2) is 32.5 Å². The van der Waals surface area contributed by atoms with Crippen LogP contribution >= 0.6 is 0 Å². The average molecular weight is 299 g/mol. The van der Waals surface area contributed by atoms with Gasteiger partial charge in [-0.3, -0.25) is 4.79 Å². The van der Waals surface area contributed by atoms with Crippen LogP contribution in [0.5, 0.6) is 0 Å². The second kappa shape index (κ2) is 5.87. The van der Waals surface area contributed by atoms with Crippen LogP contribution in [0, 0.1) is 0 Å². The fourth-order valence-corrected chi connectivity index (χ4v) is 1.86. The largest absolute Gasteiger partial charge is 0.459 e. The molecule has 8 nitrogen and oxygen atoms in total. The Morgan fingerprint density at radius 1 is 1.40 bits per heavy atom. The molecule has 0 atom stereocenters. The minimum absolute atomic E-state index is 0.220. The van der Waals surface area contributed by atoms with Gasteiger partial charge in [0.2, 0.25) is 15.7 Å². The minimum Gasteiger partial charge on any atom is -0.459 e. The number of carbonyl (C=O) groups is 1. The molecule has 2 aromatic rings. The topological polar surface area (TPSA) is 115 Å². The van der Waals surface area contributed by atoms with Gasteiger partial charge in [0.05, 0.1) is 6.26 Å². The van der Waals surface area contributed by atoms with Gasteiger partial charge in [0.25, 0.3) is 5.91 Å². The van der Waals surface area contributed by atoms with E-state index in [1.807, 2.05) is 0 Å². The number of furan rings is 1. The Balaban J connectivity index is 1.76. The molecule has 1 amide bonds. The molecule has 108 valence electrons. The van der Waals surface area contributed by atoms with Gasteiger partial charge >= 0.3 is 5.22 Å². The summed E-state index contributed by atoms with van der Waals surface area (Å²) in [5, 5.41) is 9.31. The number of rotatable bonds is 6. The quantitative estimate of drug-likeness (QED) is 0.769. The van der Waals surface area contributed by atoms with Crippen molar-refractivity contribution < 1.29 is 22.0 Å². The van der Waals surface area contributed by atoms with E-state index >= 15 is 0 Å². The fourth-order valence-electron chi connectivity index (χ4n) is 1.43. The number of nitrogens with one attached hydrogen (secondary N) is 1. The lowest BCUT2D eigenvalue weighted by Gasteiger charge is -2.00. The summed E-state index contributed by atoms with van der Waals surface area (Å²) >= 11 is 0. The average Bonchev–Trinajstić information content (AvgIpc) is 3.04.